The summed E-state index contributed by atoms with van der Waals surface area (Å²) in [7, 11) is 1.47. The van der Waals surface area contributed by atoms with Crippen LogP contribution in [0, 0.1) is 11.6 Å². The van der Waals surface area contributed by atoms with Gasteiger partial charge < -0.3 is 4.74 Å². The second-order valence-corrected chi connectivity index (χ2v) is 3.91. The molecule has 0 saturated heterocycles. The minimum Gasteiger partial charge on any atom is -0.497 e. The second kappa shape index (κ2) is 4.72. The largest absolute Gasteiger partial charge is 0.497 e. The van der Waals surface area contributed by atoms with Gasteiger partial charge >= 0.3 is 0 Å². The molecule has 0 saturated carbocycles. The summed E-state index contributed by atoms with van der Waals surface area (Å²) in [6.07, 6.45) is 0. The van der Waals surface area contributed by atoms with Crippen molar-refractivity contribution in [3.05, 3.63) is 53.1 Å². The molecule has 0 radical (unpaired) electrons. The van der Waals surface area contributed by atoms with Crippen LogP contribution in [-0.2, 0) is 0 Å². The van der Waals surface area contributed by atoms with Gasteiger partial charge in [0, 0.05) is 5.02 Å². The fourth-order valence-electron chi connectivity index (χ4n) is 1.60. The van der Waals surface area contributed by atoms with Crippen molar-refractivity contribution in [3.63, 3.8) is 0 Å². The molecule has 0 spiro atoms. The lowest BCUT2D eigenvalue weighted by molar-refractivity contribution is 0.415. The normalized spacial score (nSPS) is 10.4. The molecule has 88 valence electrons. The van der Waals surface area contributed by atoms with E-state index in [0.717, 1.165) is 0 Å². The van der Waals surface area contributed by atoms with Crippen LogP contribution in [0.15, 0.2) is 36.4 Å². The highest BCUT2D eigenvalue weighted by atomic mass is 35.5. The first-order valence-electron chi connectivity index (χ1n) is 4.91. The van der Waals surface area contributed by atoms with E-state index in [1.807, 2.05) is 0 Å². The molecule has 0 amide bonds. The molecule has 0 heterocycles. The number of benzene rings is 2. The summed E-state index contributed by atoms with van der Waals surface area (Å²) in [5.74, 6) is -0.807. The Kier molecular flexibility index (Phi) is 3.29. The SMILES string of the molecule is COc1cc(Cl)cc(-c2c(F)cccc2F)c1. The van der Waals surface area contributed by atoms with Crippen LogP contribution in [0.4, 0.5) is 8.78 Å². The van der Waals surface area contributed by atoms with E-state index in [1.54, 1.807) is 6.07 Å². The Bertz CT molecular complexity index is 535. The average Bonchev–Trinajstić information content (AvgIpc) is 2.28. The van der Waals surface area contributed by atoms with E-state index < -0.39 is 11.6 Å². The first-order valence-corrected chi connectivity index (χ1v) is 5.28. The topological polar surface area (TPSA) is 9.23 Å². The van der Waals surface area contributed by atoms with E-state index in [2.05, 4.69) is 0 Å². The maximum absolute atomic E-state index is 13.6. The Balaban J connectivity index is 2.64. The molecule has 0 aromatic heterocycles. The average molecular weight is 255 g/mol. The van der Waals surface area contributed by atoms with Gasteiger partial charge in [-0.05, 0) is 35.9 Å². The molecule has 2 rings (SSSR count). The molecule has 0 N–H and O–H groups in total. The van der Waals surface area contributed by atoms with Crippen molar-refractivity contribution in [2.75, 3.05) is 7.11 Å². The number of hydrogen-bond donors (Lipinski definition) is 0. The summed E-state index contributed by atoms with van der Waals surface area (Å²) in [6, 6.07) is 8.32. The Hall–Kier alpha value is -1.61. The summed E-state index contributed by atoms with van der Waals surface area (Å²) < 4.78 is 32.2. The van der Waals surface area contributed by atoms with Crippen molar-refractivity contribution in [3.8, 4) is 16.9 Å². The summed E-state index contributed by atoms with van der Waals surface area (Å²) in [6.45, 7) is 0. The van der Waals surface area contributed by atoms with Crippen LogP contribution in [-0.4, -0.2) is 7.11 Å². The van der Waals surface area contributed by atoms with Crippen molar-refractivity contribution in [1.29, 1.82) is 0 Å². The van der Waals surface area contributed by atoms with Crippen LogP contribution in [0.25, 0.3) is 11.1 Å². The van der Waals surface area contributed by atoms with Crippen molar-refractivity contribution < 1.29 is 13.5 Å². The van der Waals surface area contributed by atoms with Gasteiger partial charge in [0.05, 0.1) is 12.7 Å². The van der Waals surface area contributed by atoms with Gasteiger partial charge in [-0.2, -0.15) is 0 Å². The van der Waals surface area contributed by atoms with Crippen molar-refractivity contribution in [1.82, 2.24) is 0 Å². The molecule has 0 unspecified atom stereocenters. The van der Waals surface area contributed by atoms with Gasteiger partial charge in [0.15, 0.2) is 0 Å². The monoisotopic (exact) mass is 254 g/mol. The summed E-state index contributed by atoms with van der Waals surface area (Å²) in [4.78, 5) is 0. The highest BCUT2D eigenvalue weighted by molar-refractivity contribution is 6.31. The van der Waals surface area contributed by atoms with Crippen molar-refractivity contribution in [2.45, 2.75) is 0 Å². The lowest BCUT2D eigenvalue weighted by atomic mass is 10.0. The molecule has 0 aliphatic carbocycles. The molecular weight excluding hydrogens is 246 g/mol. The fourth-order valence-corrected chi connectivity index (χ4v) is 1.82. The molecular formula is C13H9ClF2O. The molecule has 0 fully saturated rings. The molecule has 0 aliphatic heterocycles. The lowest BCUT2D eigenvalue weighted by Crippen LogP contribution is -1.91. The zero-order valence-electron chi connectivity index (χ0n) is 9.01. The maximum atomic E-state index is 13.6. The van der Waals surface area contributed by atoms with Gasteiger partial charge in [-0.3, -0.25) is 0 Å². The zero-order valence-corrected chi connectivity index (χ0v) is 9.76. The smallest absolute Gasteiger partial charge is 0.133 e. The molecule has 0 atom stereocenters. The Morgan fingerprint density at radius 1 is 1.06 bits per heavy atom. The van der Waals surface area contributed by atoms with Gasteiger partial charge in [0.1, 0.15) is 17.4 Å². The van der Waals surface area contributed by atoms with Gasteiger partial charge in [-0.25, -0.2) is 8.78 Å². The Morgan fingerprint density at radius 3 is 2.29 bits per heavy atom. The van der Waals surface area contributed by atoms with Crippen LogP contribution in [0.3, 0.4) is 0 Å². The molecule has 0 aliphatic rings. The predicted molar refractivity (Wildman–Crippen MR) is 63.4 cm³/mol. The minimum absolute atomic E-state index is 0.103. The minimum atomic E-state index is -0.630. The molecule has 0 bridgehead atoms. The highest BCUT2D eigenvalue weighted by Crippen LogP contribution is 2.31. The van der Waals surface area contributed by atoms with Gasteiger partial charge in [0.25, 0.3) is 0 Å². The number of halogens is 3. The molecule has 2 aromatic carbocycles. The predicted octanol–water partition coefficient (Wildman–Crippen LogP) is 4.29. The summed E-state index contributed by atoms with van der Waals surface area (Å²) in [5.41, 5.74) is 0.248. The third kappa shape index (κ3) is 2.39. The van der Waals surface area contributed by atoms with Crippen LogP contribution in [0.5, 0.6) is 5.75 Å². The standard InChI is InChI=1S/C13H9ClF2O/c1-17-10-6-8(5-9(14)7-10)13-11(15)3-2-4-12(13)16/h2-7H,1H3. The number of ether oxygens (including phenoxy) is 1. The number of rotatable bonds is 2. The first-order chi connectivity index (χ1) is 8.11. The maximum Gasteiger partial charge on any atom is 0.133 e. The quantitative estimate of drug-likeness (QED) is 0.777. The Labute approximate surface area is 103 Å². The van der Waals surface area contributed by atoms with E-state index in [4.69, 9.17) is 16.3 Å². The molecule has 17 heavy (non-hydrogen) atoms. The molecule has 4 heteroatoms. The van der Waals surface area contributed by atoms with Gasteiger partial charge in [-0.15, -0.1) is 0 Å². The van der Waals surface area contributed by atoms with Crippen molar-refractivity contribution >= 4 is 11.6 Å². The number of methoxy groups -OCH3 is 1. The lowest BCUT2D eigenvalue weighted by Gasteiger charge is -2.08. The molecule has 1 nitrogen and oxygen atoms in total. The number of hydrogen-bond acceptors (Lipinski definition) is 1. The van der Waals surface area contributed by atoms with Crippen molar-refractivity contribution in [2.24, 2.45) is 0 Å². The second-order valence-electron chi connectivity index (χ2n) is 3.48. The summed E-state index contributed by atoms with van der Waals surface area (Å²) >= 11 is 5.86. The third-order valence-corrected chi connectivity index (χ3v) is 2.58. The molecule has 2 aromatic rings. The fraction of sp³-hybridized carbons (Fsp3) is 0.0769. The van der Waals surface area contributed by atoms with Crippen LogP contribution < -0.4 is 4.74 Å². The Morgan fingerprint density at radius 2 is 1.71 bits per heavy atom. The first kappa shape index (κ1) is 11.9. The van der Waals surface area contributed by atoms with Crippen LogP contribution in [0.2, 0.25) is 5.02 Å². The van der Waals surface area contributed by atoms with Gasteiger partial charge in [0.2, 0.25) is 0 Å². The third-order valence-electron chi connectivity index (χ3n) is 2.36. The van der Waals surface area contributed by atoms with E-state index in [-0.39, 0.29) is 5.56 Å². The van der Waals surface area contributed by atoms with Crippen LogP contribution in [0.1, 0.15) is 0 Å². The van der Waals surface area contributed by atoms with E-state index in [1.165, 1.54) is 37.4 Å². The summed E-state index contributed by atoms with van der Waals surface area (Å²) in [5, 5.41) is 0.363. The van der Waals surface area contributed by atoms with Crippen LogP contribution >= 0.6 is 11.6 Å². The zero-order chi connectivity index (χ0) is 12.4. The van der Waals surface area contributed by atoms with E-state index in [0.29, 0.717) is 16.3 Å². The van der Waals surface area contributed by atoms with E-state index >= 15 is 0 Å². The van der Waals surface area contributed by atoms with Gasteiger partial charge in [-0.1, -0.05) is 17.7 Å². The van der Waals surface area contributed by atoms with E-state index in [9.17, 15) is 8.78 Å². The highest BCUT2D eigenvalue weighted by Gasteiger charge is 2.12.